The molecule has 0 bridgehead atoms. The lowest BCUT2D eigenvalue weighted by molar-refractivity contribution is 0.340. The Hall–Kier alpha value is -1.16. The van der Waals surface area contributed by atoms with Gasteiger partial charge in [-0.2, -0.15) is 0 Å². The topological polar surface area (TPSA) is 33.6 Å². The maximum atomic E-state index is 5.51. The zero-order chi connectivity index (χ0) is 13.7. The van der Waals surface area contributed by atoms with E-state index in [0.29, 0.717) is 18.6 Å². The van der Waals surface area contributed by atoms with Gasteiger partial charge in [0.2, 0.25) is 0 Å². The molecule has 4 heteroatoms. The van der Waals surface area contributed by atoms with E-state index in [1.807, 2.05) is 31.2 Å². The van der Waals surface area contributed by atoms with Crippen LogP contribution in [-0.4, -0.2) is 23.6 Å². The summed E-state index contributed by atoms with van der Waals surface area (Å²) in [6.07, 6.45) is 1.17. The van der Waals surface area contributed by atoms with E-state index in [2.05, 4.69) is 19.2 Å². The highest BCUT2D eigenvalue weighted by Gasteiger charge is 2.18. The molecule has 0 fully saturated rings. The normalized spacial score (nSPS) is 19.2. The fourth-order valence-corrected chi connectivity index (χ4v) is 2.99. The number of rotatable bonds is 4. The molecule has 1 N–H and O–H groups in total. The van der Waals surface area contributed by atoms with Crippen LogP contribution in [0.5, 0.6) is 5.75 Å². The smallest absolute Gasteiger partial charge is 0.161 e. The quantitative estimate of drug-likeness (QED) is 0.903. The number of aliphatic imine (C=N–C) groups is 1. The van der Waals surface area contributed by atoms with Gasteiger partial charge >= 0.3 is 0 Å². The molecule has 1 aromatic carbocycles. The lowest BCUT2D eigenvalue weighted by Crippen LogP contribution is -2.23. The first-order chi connectivity index (χ1) is 9.19. The first-order valence-corrected chi connectivity index (χ1v) is 7.88. The number of amidine groups is 1. The third kappa shape index (κ3) is 4.16. The van der Waals surface area contributed by atoms with Crippen LogP contribution in [0, 0.1) is 5.92 Å². The van der Waals surface area contributed by atoms with Crippen LogP contribution >= 0.6 is 11.8 Å². The average Bonchev–Trinajstić information content (AvgIpc) is 2.40. The highest BCUT2D eigenvalue weighted by atomic mass is 32.2. The minimum absolute atomic E-state index is 0.443. The van der Waals surface area contributed by atoms with Gasteiger partial charge in [0.05, 0.1) is 12.6 Å². The Morgan fingerprint density at radius 1 is 1.47 bits per heavy atom. The molecule has 0 aliphatic carbocycles. The third-order valence-corrected chi connectivity index (χ3v) is 4.02. The number of hydrogen-bond donors (Lipinski definition) is 1. The minimum Gasteiger partial charge on any atom is -0.494 e. The molecule has 0 radical (unpaired) electrons. The van der Waals surface area contributed by atoms with E-state index in [0.717, 1.165) is 22.4 Å². The lowest BCUT2D eigenvalue weighted by Gasteiger charge is -2.23. The van der Waals surface area contributed by atoms with Crippen LogP contribution < -0.4 is 10.1 Å². The maximum Gasteiger partial charge on any atom is 0.161 e. The van der Waals surface area contributed by atoms with Crippen molar-refractivity contribution < 1.29 is 4.74 Å². The predicted octanol–water partition coefficient (Wildman–Crippen LogP) is 4.01. The van der Waals surface area contributed by atoms with Crippen LogP contribution in [-0.2, 0) is 0 Å². The van der Waals surface area contributed by atoms with E-state index in [9.17, 15) is 0 Å². The van der Waals surface area contributed by atoms with Crippen molar-refractivity contribution in [1.29, 1.82) is 0 Å². The third-order valence-electron chi connectivity index (χ3n) is 3.10. The average molecular weight is 278 g/mol. The van der Waals surface area contributed by atoms with Crippen molar-refractivity contribution in [3.8, 4) is 5.75 Å². The highest BCUT2D eigenvalue weighted by molar-refractivity contribution is 8.14. The van der Waals surface area contributed by atoms with Crippen molar-refractivity contribution in [2.75, 3.05) is 17.7 Å². The Labute approximate surface area is 119 Å². The SMILES string of the molecule is CCOc1cccc(NC2=NC(C(C)C)CCS2)c1. The molecule has 104 valence electrons. The Morgan fingerprint density at radius 2 is 2.32 bits per heavy atom. The Morgan fingerprint density at radius 3 is 3.05 bits per heavy atom. The number of thioether (sulfide) groups is 1. The summed E-state index contributed by atoms with van der Waals surface area (Å²) >= 11 is 1.80. The molecule has 0 saturated carbocycles. The van der Waals surface area contributed by atoms with E-state index in [-0.39, 0.29) is 0 Å². The fourth-order valence-electron chi connectivity index (χ4n) is 2.03. The molecular formula is C15H22N2OS. The molecule has 0 saturated heterocycles. The second-order valence-electron chi connectivity index (χ2n) is 4.97. The first kappa shape index (κ1) is 14.3. The van der Waals surface area contributed by atoms with Crippen LogP contribution in [0.3, 0.4) is 0 Å². The summed E-state index contributed by atoms with van der Waals surface area (Å²) in [5, 5.41) is 4.42. The van der Waals surface area contributed by atoms with Crippen LogP contribution in [0.15, 0.2) is 29.3 Å². The molecule has 1 aliphatic heterocycles. The van der Waals surface area contributed by atoms with Gasteiger partial charge < -0.3 is 10.1 Å². The van der Waals surface area contributed by atoms with E-state index < -0.39 is 0 Å². The number of nitrogens with zero attached hydrogens (tertiary/aromatic N) is 1. The van der Waals surface area contributed by atoms with Crippen molar-refractivity contribution in [3.63, 3.8) is 0 Å². The summed E-state index contributed by atoms with van der Waals surface area (Å²) in [5.41, 5.74) is 1.04. The van der Waals surface area contributed by atoms with Gasteiger partial charge in [0.25, 0.3) is 0 Å². The van der Waals surface area contributed by atoms with Gasteiger partial charge in [-0.1, -0.05) is 31.7 Å². The molecule has 3 nitrogen and oxygen atoms in total. The predicted molar refractivity (Wildman–Crippen MR) is 84.4 cm³/mol. The van der Waals surface area contributed by atoms with Crippen LogP contribution in [0.1, 0.15) is 27.2 Å². The molecule has 0 amide bonds. The number of ether oxygens (including phenoxy) is 1. The molecule has 1 heterocycles. The number of nitrogens with one attached hydrogen (secondary N) is 1. The minimum atomic E-state index is 0.443. The van der Waals surface area contributed by atoms with E-state index in [1.54, 1.807) is 11.8 Å². The van der Waals surface area contributed by atoms with Crippen molar-refractivity contribution in [2.24, 2.45) is 10.9 Å². The Bertz CT molecular complexity index is 446. The zero-order valence-corrected chi connectivity index (χ0v) is 12.7. The van der Waals surface area contributed by atoms with Gasteiger partial charge in [0.15, 0.2) is 5.17 Å². The summed E-state index contributed by atoms with van der Waals surface area (Å²) < 4.78 is 5.51. The maximum absolute atomic E-state index is 5.51. The molecule has 2 rings (SSSR count). The van der Waals surface area contributed by atoms with E-state index in [4.69, 9.17) is 9.73 Å². The van der Waals surface area contributed by atoms with Crippen molar-refractivity contribution in [3.05, 3.63) is 24.3 Å². The van der Waals surface area contributed by atoms with Gasteiger partial charge in [-0.25, -0.2) is 0 Å². The second kappa shape index (κ2) is 6.85. The van der Waals surface area contributed by atoms with Crippen LogP contribution in [0.2, 0.25) is 0 Å². The van der Waals surface area contributed by atoms with Gasteiger partial charge in [0, 0.05) is 17.5 Å². The summed E-state index contributed by atoms with van der Waals surface area (Å²) in [5.74, 6) is 2.64. The van der Waals surface area contributed by atoms with Gasteiger partial charge in [0.1, 0.15) is 5.75 Å². The largest absolute Gasteiger partial charge is 0.494 e. The fraction of sp³-hybridized carbons (Fsp3) is 0.533. The van der Waals surface area contributed by atoms with Crippen molar-refractivity contribution in [2.45, 2.75) is 33.2 Å². The summed E-state index contributed by atoms with van der Waals surface area (Å²) in [7, 11) is 0. The molecule has 0 aromatic heterocycles. The zero-order valence-electron chi connectivity index (χ0n) is 11.8. The number of benzene rings is 1. The van der Waals surface area contributed by atoms with Gasteiger partial charge in [-0.15, -0.1) is 0 Å². The molecule has 19 heavy (non-hydrogen) atoms. The monoisotopic (exact) mass is 278 g/mol. The van der Waals surface area contributed by atoms with E-state index in [1.165, 1.54) is 6.42 Å². The molecule has 1 atom stereocenters. The van der Waals surface area contributed by atoms with Gasteiger partial charge in [-0.05, 0) is 31.4 Å². The standard InChI is InChI=1S/C15H22N2OS/c1-4-18-13-7-5-6-12(10-13)16-15-17-14(11(2)3)8-9-19-15/h5-7,10-11,14H,4,8-9H2,1-3H3,(H,16,17). The summed E-state index contributed by atoms with van der Waals surface area (Å²) in [6, 6.07) is 8.48. The molecule has 1 aromatic rings. The number of anilines is 1. The van der Waals surface area contributed by atoms with Crippen LogP contribution in [0.4, 0.5) is 5.69 Å². The van der Waals surface area contributed by atoms with Crippen LogP contribution in [0.25, 0.3) is 0 Å². The van der Waals surface area contributed by atoms with Crippen molar-refractivity contribution >= 4 is 22.6 Å². The van der Waals surface area contributed by atoms with E-state index >= 15 is 0 Å². The van der Waals surface area contributed by atoms with Crippen molar-refractivity contribution in [1.82, 2.24) is 0 Å². The molecule has 0 spiro atoms. The Kier molecular flexibility index (Phi) is 5.14. The summed E-state index contributed by atoms with van der Waals surface area (Å²) in [4.78, 5) is 4.78. The Balaban J connectivity index is 2.05. The molecule has 1 unspecified atom stereocenters. The number of hydrogen-bond acceptors (Lipinski definition) is 4. The lowest BCUT2D eigenvalue weighted by atomic mass is 10.0. The second-order valence-corrected chi connectivity index (χ2v) is 6.05. The summed E-state index contributed by atoms with van der Waals surface area (Å²) in [6.45, 7) is 7.15. The molecule has 1 aliphatic rings. The van der Waals surface area contributed by atoms with Gasteiger partial charge in [-0.3, -0.25) is 4.99 Å². The highest BCUT2D eigenvalue weighted by Crippen LogP contribution is 2.25. The first-order valence-electron chi connectivity index (χ1n) is 6.89. The molecular weight excluding hydrogens is 256 g/mol.